The predicted molar refractivity (Wildman–Crippen MR) is 51.6 cm³/mol. The van der Waals surface area contributed by atoms with Crippen LogP contribution in [0.25, 0.3) is 0 Å². The van der Waals surface area contributed by atoms with Gasteiger partial charge in [-0.15, -0.1) is 0 Å². The zero-order valence-corrected chi connectivity index (χ0v) is 8.97. The summed E-state index contributed by atoms with van der Waals surface area (Å²) < 4.78 is 24.7. The third-order valence-corrected chi connectivity index (χ3v) is 2.97. The van der Waals surface area contributed by atoms with Crippen LogP contribution in [0.4, 0.5) is 8.78 Å². The summed E-state index contributed by atoms with van der Waals surface area (Å²) in [6.07, 6.45) is -2.71. The summed E-state index contributed by atoms with van der Waals surface area (Å²) in [7, 11) is 0. The summed E-state index contributed by atoms with van der Waals surface area (Å²) >= 11 is 7.32. The molecule has 0 spiro atoms. The van der Waals surface area contributed by atoms with Gasteiger partial charge in [-0.3, -0.25) is 0 Å². The molecule has 1 aromatic heterocycles. The van der Waals surface area contributed by atoms with E-state index < -0.39 is 12.1 Å². The van der Waals surface area contributed by atoms with Crippen molar-refractivity contribution in [1.82, 2.24) is 4.98 Å². The molecule has 2 nitrogen and oxygen atoms in total. The Morgan fingerprint density at radius 2 is 2.23 bits per heavy atom. The van der Waals surface area contributed by atoms with Crippen LogP contribution in [0.5, 0.6) is 0 Å². The van der Waals surface area contributed by atoms with Crippen LogP contribution < -0.4 is 0 Å². The van der Waals surface area contributed by atoms with E-state index in [4.69, 9.17) is 16.9 Å². The highest BCUT2D eigenvalue weighted by Crippen LogP contribution is 2.25. The molecule has 0 amide bonds. The highest BCUT2D eigenvalue weighted by molar-refractivity contribution is 14.1. The molecule has 6 heteroatoms. The van der Waals surface area contributed by atoms with Gasteiger partial charge >= 0.3 is 0 Å². The zero-order valence-electron chi connectivity index (χ0n) is 6.06. The van der Waals surface area contributed by atoms with E-state index in [0.29, 0.717) is 3.57 Å². The Balaban J connectivity index is 3.32. The van der Waals surface area contributed by atoms with Crippen molar-refractivity contribution in [3.63, 3.8) is 0 Å². The first-order valence-electron chi connectivity index (χ1n) is 3.10. The lowest BCUT2D eigenvalue weighted by Gasteiger charge is -2.02. The van der Waals surface area contributed by atoms with Crippen LogP contribution in [-0.2, 0) is 0 Å². The molecule has 0 N–H and O–H groups in total. The summed E-state index contributed by atoms with van der Waals surface area (Å²) in [4.78, 5) is 3.44. The summed E-state index contributed by atoms with van der Waals surface area (Å²) in [5, 5.41) is 8.50. The van der Waals surface area contributed by atoms with E-state index in [9.17, 15) is 8.78 Å². The SMILES string of the molecule is N#Cc1cc(C(F)F)nc(Cl)c1I. The summed E-state index contributed by atoms with van der Waals surface area (Å²) in [6, 6.07) is 2.81. The van der Waals surface area contributed by atoms with Crippen LogP contribution in [0.15, 0.2) is 6.07 Å². The van der Waals surface area contributed by atoms with Crippen LogP contribution >= 0.6 is 34.2 Å². The minimum Gasteiger partial charge on any atom is -0.234 e. The molecule has 0 aliphatic carbocycles. The van der Waals surface area contributed by atoms with Gasteiger partial charge in [-0.2, -0.15) is 5.26 Å². The maximum atomic E-state index is 12.2. The Morgan fingerprint density at radius 3 is 2.69 bits per heavy atom. The van der Waals surface area contributed by atoms with Gasteiger partial charge in [0.1, 0.15) is 16.9 Å². The van der Waals surface area contributed by atoms with Crippen LogP contribution in [0.3, 0.4) is 0 Å². The van der Waals surface area contributed by atoms with Gasteiger partial charge in [0.15, 0.2) is 0 Å². The van der Waals surface area contributed by atoms with Gasteiger partial charge < -0.3 is 0 Å². The molecule has 0 saturated heterocycles. The first kappa shape index (κ1) is 10.6. The molecule has 0 atom stereocenters. The summed E-state index contributed by atoms with van der Waals surface area (Å²) in [5.41, 5.74) is -0.349. The third kappa shape index (κ3) is 2.25. The Morgan fingerprint density at radius 1 is 1.62 bits per heavy atom. The van der Waals surface area contributed by atoms with Crippen molar-refractivity contribution >= 4 is 34.2 Å². The number of nitriles is 1. The molecular weight excluding hydrogens is 312 g/mol. The van der Waals surface area contributed by atoms with Crippen LogP contribution in [0.2, 0.25) is 5.15 Å². The van der Waals surface area contributed by atoms with Crippen molar-refractivity contribution in [2.24, 2.45) is 0 Å². The van der Waals surface area contributed by atoms with E-state index in [-0.39, 0.29) is 10.7 Å². The fourth-order valence-corrected chi connectivity index (χ4v) is 1.31. The largest absolute Gasteiger partial charge is 0.280 e. The number of halogens is 4. The van der Waals surface area contributed by atoms with Gasteiger partial charge in [-0.05, 0) is 28.7 Å². The van der Waals surface area contributed by atoms with Gasteiger partial charge in [-0.1, -0.05) is 11.6 Å². The van der Waals surface area contributed by atoms with Gasteiger partial charge in [0.2, 0.25) is 0 Å². The Labute approximate surface area is 91.7 Å². The van der Waals surface area contributed by atoms with Crippen molar-refractivity contribution in [3.05, 3.63) is 26.0 Å². The van der Waals surface area contributed by atoms with E-state index in [0.717, 1.165) is 6.07 Å². The zero-order chi connectivity index (χ0) is 10.0. The molecular formula is C7H2ClF2IN2. The second kappa shape index (κ2) is 4.15. The van der Waals surface area contributed by atoms with Crippen LogP contribution in [0, 0.1) is 14.9 Å². The summed E-state index contributed by atoms with van der Waals surface area (Å²) in [5.74, 6) is 0. The van der Waals surface area contributed by atoms with Gasteiger partial charge in [0, 0.05) is 0 Å². The van der Waals surface area contributed by atoms with Gasteiger partial charge in [0.25, 0.3) is 6.43 Å². The topological polar surface area (TPSA) is 36.7 Å². The molecule has 0 radical (unpaired) electrons. The Hall–Kier alpha value is -0.480. The molecule has 1 rings (SSSR count). The number of nitrogens with zero attached hydrogens (tertiary/aromatic N) is 2. The van der Waals surface area contributed by atoms with Gasteiger partial charge in [-0.25, -0.2) is 13.8 Å². The second-order valence-electron chi connectivity index (χ2n) is 2.11. The second-order valence-corrected chi connectivity index (χ2v) is 3.55. The lowest BCUT2D eigenvalue weighted by Crippen LogP contribution is -1.95. The third-order valence-electron chi connectivity index (χ3n) is 1.28. The van der Waals surface area contributed by atoms with E-state index >= 15 is 0 Å². The lowest BCUT2D eigenvalue weighted by molar-refractivity contribution is 0.146. The number of rotatable bonds is 1. The predicted octanol–water partition coefficient (Wildman–Crippen LogP) is 3.15. The maximum Gasteiger partial charge on any atom is 0.280 e. The quantitative estimate of drug-likeness (QED) is 0.590. The first-order valence-corrected chi connectivity index (χ1v) is 4.56. The molecule has 0 aliphatic heterocycles. The van der Waals surface area contributed by atoms with Crippen LogP contribution in [-0.4, -0.2) is 4.98 Å². The maximum absolute atomic E-state index is 12.2. The Kier molecular flexibility index (Phi) is 3.39. The fourth-order valence-electron chi connectivity index (χ4n) is 0.710. The van der Waals surface area contributed by atoms with E-state index in [1.165, 1.54) is 0 Å². The van der Waals surface area contributed by atoms with Crippen LogP contribution in [0.1, 0.15) is 17.7 Å². The lowest BCUT2D eigenvalue weighted by atomic mass is 10.2. The monoisotopic (exact) mass is 314 g/mol. The fraction of sp³-hybridized carbons (Fsp3) is 0.143. The van der Waals surface area contributed by atoms with Crippen molar-refractivity contribution < 1.29 is 8.78 Å². The van der Waals surface area contributed by atoms with Crippen molar-refractivity contribution in [2.75, 3.05) is 0 Å². The average molecular weight is 314 g/mol. The van der Waals surface area contributed by atoms with Gasteiger partial charge in [0.05, 0.1) is 9.13 Å². The minimum atomic E-state index is -2.71. The standard InChI is InChI=1S/C7H2ClF2IN2/c8-6-5(11)3(2-12)1-4(13-6)7(9)10/h1,7H. The number of hydrogen-bond acceptors (Lipinski definition) is 2. The normalized spacial score (nSPS) is 10.2. The Bertz CT molecular complexity index is 375. The van der Waals surface area contributed by atoms with E-state index in [1.54, 1.807) is 28.7 Å². The van der Waals surface area contributed by atoms with Crippen molar-refractivity contribution in [3.8, 4) is 6.07 Å². The molecule has 0 aliphatic rings. The van der Waals surface area contributed by atoms with Crippen molar-refractivity contribution in [2.45, 2.75) is 6.43 Å². The highest BCUT2D eigenvalue weighted by atomic mass is 127. The smallest absolute Gasteiger partial charge is 0.234 e. The average Bonchev–Trinajstić information content (AvgIpc) is 2.09. The molecule has 68 valence electrons. The summed E-state index contributed by atoms with van der Waals surface area (Å²) in [6.45, 7) is 0. The number of pyridine rings is 1. The molecule has 0 unspecified atom stereocenters. The number of aromatic nitrogens is 1. The minimum absolute atomic E-state index is 0.0602. The molecule has 0 saturated carbocycles. The molecule has 1 heterocycles. The first-order chi connectivity index (χ1) is 6.06. The van der Waals surface area contributed by atoms with E-state index in [2.05, 4.69) is 4.98 Å². The molecule has 0 aromatic carbocycles. The van der Waals surface area contributed by atoms with E-state index in [1.807, 2.05) is 0 Å². The molecule has 1 aromatic rings. The number of alkyl halides is 2. The molecule has 13 heavy (non-hydrogen) atoms. The molecule has 0 fully saturated rings. The van der Waals surface area contributed by atoms with Crippen molar-refractivity contribution in [1.29, 1.82) is 5.26 Å². The number of hydrogen-bond donors (Lipinski definition) is 0. The molecule has 0 bridgehead atoms. The highest BCUT2D eigenvalue weighted by Gasteiger charge is 2.14.